The zero-order valence-corrected chi connectivity index (χ0v) is 25.3. The molecule has 12 heteroatoms. The van der Waals surface area contributed by atoms with Crippen LogP contribution >= 0.6 is 11.8 Å². The Morgan fingerprint density at radius 3 is 2.33 bits per heavy atom. The second-order valence-corrected chi connectivity index (χ2v) is 13.1. The molecule has 10 nitrogen and oxygen atoms in total. The number of hydrogen-bond acceptors (Lipinski definition) is 8. The molecule has 0 unspecified atom stereocenters. The number of anilines is 1. The normalized spacial score (nSPS) is 19.1. The molecule has 0 radical (unpaired) electrons. The summed E-state index contributed by atoms with van der Waals surface area (Å²) in [7, 11) is 0.396. The Morgan fingerprint density at radius 2 is 1.73 bits per heavy atom. The summed E-state index contributed by atoms with van der Waals surface area (Å²) in [4.78, 5) is 15.1. The lowest BCUT2D eigenvalue weighted by molar-refractivity contribution is -0.113. The summed E-state index contributed by atoms with van der Waals surface area (Å²) in [5.74, 6) is 0.780. The Balaban J connectivity index is 1.42. The average Bonchev–Trinajstić information content (AvgIpc) is 3.29. The van der Waals surface area contributed by atoms with Crippen molar-refractivity contribution in [2.75, 3.05) is 38.3 Å². The van der Waals surface area contributed by atoms with Gasteiger partial charge in [0, 0.05) is 18.8 Å². The standard InChI is InChI=1S/C28H38N6O4S2/c1-6-25(32(4)5)27-30-31-28(34(27)18-22-10-8-7-9-11-22)39-19-26(35)29-23-12-14-24(15-13-23)40(36,37)33-16-20(2)38-21(3)17-33/h7-15,20-21,25H,6,16-19H2,1-5H3,(H,29,35)/t20-,21-,25+/m0/s1. The van der Waals surface area contributed by atoms with Crippen molar-refractivity contribution in [2.24, 2.45) is 0 Å². The maximum atomic E-state index is 13.1. The summed E-state index contributed by atoms with van der Waals surface area (Å²) in [6.07, 6.45) is 0.542. The number of morpholine rings is 1. The fraction of sp³-hybridized carbons (Fsp3) is 0.464. The van der Waals surface area contributed by atoms with E-state index in [1.54, 1.807) is 12.1 Å². The van der Waals surface area contributed by atoms with Gasteiger partial charge in [-0.1, -0.05) is 49.0 Å². The number of nitrogens with zero attached hydrogens (tertiary/aromatic N) is 5. The molecule has 0 spiro atoms. The van der Waals surface area contributed by atoms with Crippen molar-refractivity contribution in [1.29, 1.82) is 0 Å². The molecule has 1 aromatic heterocycles. The molecular weight excluding hydrogens is 548 g/mol. The molecule has 2 heterocycles. The number of sulfonamides is 1. The molecule has 40 heavy (non-hydrogen) atoms. The van der Waals surface area contributed by atoms with E-state index < -0.39 is 10.0 Å². The van der Waals surface area contributed by atoms with Gasteiger partial charge in [-0.3, -0.25) is 9.69 Å². The van der Waals surface area contributed by atoms with Crippen molar-refractivity contribution in [2.45, 2.75) is 62.0 Å². The Morgan fingerprint density at radius 1 is 1.07 bits per heavy atom. The smallest absolute Gasteiger partial charge is 0.243 e. The SMILES string of the molecule is CC[C@H](c1nnc(SCC(=O)Nc2ccc(S(=O)(=O)N3C[C@H](C)O[C@@H](C)C3)cc2)n1Cc1ccccc1)N(C)C. The van der Waals surface area contributed by atoms with E-state index in [1.165, 1.54) is 28.2 Å². The number of hydrogen-bond donors (Lipinski definition) is 1. The Kier molecular flexibility index (Phi) is 10.0. The minimum Gasteiger partial charge on any atom is -0.373 e. The van der Waals surface area contributed by atoms with Gasteiger partial charge in [-0.2, -0.15) is 4.31 Å². The van der Waals surface area contributed by atoms with Gasteiger partial charge in [0.15, 0.2) is 11.0 Å². The average molecular weight is 587 g/mol. The van der Waals surface area contributed by atoms with Gasteiger partial charge in [-0.15, -0.1) is 10.2 Å². The van der Waals surface area contributed by atoms with Crippen LogP contribution in [0.3, 0.4) is 0 Å². The van der Waals surface area contributed by atoms with Crippen molar-refractivity contribution in [3.63, 3.8) is 0 Å². The number of nitrogens with one attached hydrogen (secondary N) is 1. The number of ether oxygens (including phenoxy) is 1. The van der Waals surface area contributed by atoms with Gasteiger partial charge in [-0.25, -0.2) is 8.42 Å². The first kappa shape index (κ1) is 30.2. The number of thioether (sulfide) groups is 1. The van der Waals surface area contributed by atoms with Crippen LogP contribution in [0.5, 0.6) is 0 Å². The molecule has 2 aromatic carbocycles. The van der Waals surface area contributed by atoms with E-state index in [4.69, 9.17) is 4.74 Å². The van der Waals surface area contributed by atoms with Gasteiger partial charge >= 0.3 is 0 Å². The Labute approximate surface area is 241 Å². The lowest BCUT2D eigenvalue weighted by atomic mass is 10.2. The number of rotatable bonds is 11. The second kappa shape index (κ2) is 13.3. The molecule has 3 atom stereocenters. The second-order valence-electron chi connectivity index (χ2n) is 10.2. The predicted octanol–water partition coefficient (Wildman–Crippen LogP) is 3.87. The van der Waals surface area contributed by atoms with Crippen LogP contribution in [0.15, 0.2) is 64.6 Å². The minimum absolute atomic E-state index is 0.0954. The highest BCUT2D eigenvalue weighted by Gasteiger charge is 2.32. The predicted molar refractivity (Wildman–Crippen MR) is 157 cm³/mol. The summed E-state index contributed by atoms with van der Waals surface area (Å²) in [5.41, 5.74) is 1.65. The van der Waals surface area contributed by atoms with E-state index in [0.29, 0.717) is 30.5 Å². The number of amides is 1. The van der Waals surface area contributed by atoms with Gasteiger partial charge in [0.25, 0.3) is 0 Å². The lowest BCUT2D eigenvalue weighted by Crippen LogP contribution is -2.48. The van der Waals surface area contributed by atoms with E-state index in [1.807, 2.05) is 46.1 Å². The molecule has 3 aromatic rings. The number of carbonyl (C=O) groups excluding carboxylic acids is 1. The monoisotopic (exact) mass is 586 g/mol. The molecule has 1 fully saturated rings. The van der Waals surface area contributed by atoms with Crippen LogP contribution in [0.2, 0.25) is 0 Å². The van der Waals surface area contributed by atoms with Gasteiger partial charge in [-0.05, 0) is 64.2 Å². The third-order valence-corrected chi connectivity index (χ3v) is 9.54. The molecular formula is C28H38N6O4S2. The fourth-order valence-corrected chi connectivity index (χ4v) is 7.20. The van der Waals surface area contributed by atoms with E-state index >= 15 is 0 Å². The highest BCUT2D eigenvalue weighted by molar-refractivity contribution is 7.99. The molecule has 216 valence electrons. The zero-order chi connectivity index (χ0) is 28.9. The van der Waals surface area contributed by atoms with Crippen LogP contribution in [-0.4, -0.2) is 83.4 Å². The molecule has 1 amide bonds. The fourth-order valence-electron chi connectivity index (χ4n) is 4.86. The van der Waals surface area contributed by atoms with E-state index in [2.05, 4.69) is 44.0 Å². The van der Waals surface area contributed by atoms with Crippen molar-refractivity contribution in [3.8, 4) is 0 Å². The highest BCUT2D eigenvalue weighted by atomic mass is 32.2. The van der Waals surface area contributed by atoms with Crippen molar-refractivity contribution in [3.05, 3.63) is 66.0 Å². The first-order valence-corrected chi connectivity index (χ1v) is 15.8. The summed E-state index contributed by atoms with van der Waals surface area (Å²) >= 11 is 1.33. The largest absolute Gasteiger partial charge is 0.373 e. The Bertz CT molecular complexity index is 1370. The van der Waals surface area contributed by atoms with Gasteiger partial charge in [0.05, 0.1) is 35.4 Å². The summed E-state index contributed by atoms with van der Waals surface area (Å²) in [5, 5.41) is 12.5. The molecule has 0 saturated carbocycles. The molecule has 1 N–H and O–H groups in total. The molecule has 1 aliphatic heterocycles. The van der Waals surface area contributed by atoms with Crippen LogP contribution in [0, 0.1) is 0 Å². The minimum atomic E-state index is -3.65. The molecule has 1 aliphatic rings. The molecule has 0 aliphatic carbocycles. The summed E-state index contributed by atoms with van der Waals surface area (Å²) in [6, 6.07) is 16.5. The number of aromatic nitrogens is 3. The maximum absolute atomic E-state index is 13.1. The quantitative estimate of drug-likeness (QED) is 0.338. The van der Waals surface area contributed by atoms with E-state index in [9.17, 15) is 13.2 Å². The molecule has 0 bridgehead atoms. The highest BCUT2D eigenvalue weighted by Crippen LogP contribution is 2.27. The molecule has 4 rings (SSSR count). The maximum Gasteiger partial charge on any atom is 0.243 e. The number of benzene rings is 2. The van der Waals surface area contributed by atoms with E-state index in [-0.39, 0.29) is 34.8 Å². The van der Waals surface area contributed by atoms with Crippen molar-refractivity contribution < 1.29 is 17.9 Å². The van der Waals surface area contributed by atoms with Crippen molar-refractivity contribution in [1.82, 2.24) is 24.0 Å². The van der Waals surface area contributed by atoms with E-state index in [0.717, 1.165) is 17.8 Å². The van der Waals surface area contributed by atoms with Crippen LogP contribution in [0.1, 0.15) is 44.6 Å². The molecule has 1 saturated heterocycles. The van der Waals surface area contributed by atoms with Crippen LogP contribution in [-0.2, 0) is 26.1 Å². The van der Waals surface area contributed by atoms with Gasteiger partial charge in [0.1, 0.15) is 0 Å². The van der Waals surface area contributed by atoms with Crippen LogP contribution in [0.4, 0.5) is 5.69 Å². The first-order valence-electron chi connectivity index (χ1n) is 13.4. The lowest BCUT2D eigenvalue weighted by Gasteiger charge is -2.34. The topological polar surface area (TPSA) is 110 Å². The third-order valence-electron chi connectivity index (χ3n) is 6.73. The van der Waals surface area contributed by atoms with Gasteiger partial charge < -0.3 is 14.6 Å². The van der Waals surface area contributed by atoms with Crippen LogP contribution in [0.25, 0.3) is 0 Å². The van der Waals surface area contributed by atoms with Crippen LogP contribution < -0.4 is 5.32 Å². The summed E-state index contributed by atoms with van der Waals surface area (Å²) in [6.45, 7) is 7.08. The first-order chi connectivity index (χ1) is 19.1. The Hall–Kier alpha value is -2.77. The number of carbonyl (C=O) groups is 1. The zero-order valence-electron chi connectivity index (χ0n) is 23.6. The van der Waals surface area contributed by atoms with Crippen molar-refractivity contribution >= 4 is 33.4 Å². The third kappa shape index (κ3) is 7.29. The van der Waals surface area contributed by atoms with Gasteiger partial charge in [0.2, 0.25) is 15.9 Å². The summed E-state index contributed by atoms with van der Waals surface area (Å²) < 4.78 is 35.4.